The van der Waals surface area contributed by atoms with Crippen molar-refractivity contribution >= 4 is 46.4 Å². The molecule has 2 nitrogen and oxygen atoms in total. The van der Waals surface area contributed by atoms with E-state index in [1.165, 1.54) is 0 Å². The Bertz CT molecular complexity index is 115. The molecular weight excluding hydrogens is 294 g/mol. The fraction of sp³-hybridized carbons (Fsp3) is 1.00. The number of ether oxygens (including phenoxy) is 2. The maximum atomic E-state index is 5.80. The molecule has 0 saturated heterocycles. The van der Waals surface area contributed by atoms with Gasteiger partial charge in [-0.15, -0.1) is 0 Å². The third-order valence-electron chi connectivity index (χ3n) is 1.48. The summed E-state index contributed by atoms with van der Waals surface area (Å²) in [7, 11) is 0. The first-order chi connectivity index (χ1) is 7.62. The summed E-state index contributed by atoms with van der Waals surface area (Å²) in [4.78, 5) is 0. The van der Waals surface area contributed by atoms with Gasteiger partial charge < -0.3 is 9.47 Å². The Balaban J connectivity index is 0. The molecule has 0 aliphatic carbocycles. The molecule has 0 fully saturated rings. The molecule has 2 unspecified atom stereocenters. The molecule has 0 aromatic carbocycles. The predicted molar refractivity (Wildman–Crippen MR) is 72.7 cm³/mol. The second kappa shape index (κ2) is 16.1. The van der Waals surface area contributed by atoms with Gasteiger partial charge in [0.25, 0.3) is 0 Å². The van der Waals surface area contributed by atoms with Gasteiger partial charge in [0, 0.05) is 0 Å². The van der Waals surface area contributed by atoms with Gasteiger partial charge in [-0.25, -0.2) is 0 Å². The van der Waals surface area contributed by atoms with Crippen molar-refractivity contribution in [1.82, 2.24) is 0 Å². The highest BCUT2D eigenvalue weighted by Gasteiger charge is 2.09. The summed E-state index contributed by atoms with van der Waals surface area (Å²) in [6.45, 7) is 4.14. The van der Waals surface area contributed by atoms with E-state index in [1.54, 1.807) is 0 Å². The van der Waals surface area contributed by atoms with Gasteiger partial charge in [-0.2, -0.15) is 0 Å². The van der Waals surface area contributed by atoms with Crippen molar-refractivity contribution in [3.63, 3.8) is 0 Å². The minimum Gasteiger partial charge on any atom is -0.350 e. The smallest absolute Gasteiger partial charge is 0.133 e. The molecule has 0 rings (SSSR count). The van der Waals surface area contributed by atoms with Crippen molar-refractivity contribution < 1.29 is 9.47 Å². The number of rotatable bonds is 8. The Hall–Kier alpha value is 1.08. The van der Waals surface area contributed by atoms with Gasteiger partial charge >= 0.3 is 0 Å². The molecule has 0 heterocycles. The van der Waals surface area contributed by atoms with E-state index in [-0.39, 0.29) is 23.3 Å². The van der Waals surface area contributed by atoms with Crippen LogP contribution in [-0.2, 0) is 9.47 Å². The van der Waals surface area contributed by atoms with Crippen molar-refractivity contribution in [2.45, 2.75) is 50.7 Å². The summed E-state index contributed by atoms with van der Waals surface area (Å²) in [6.07, 6.45) is 3.80. The van der Waals surface area contributed by atoms with Crippen LogP contribution in [-0.4, -0.2) is 23.3 Å². The van der Waals surface area contributed by atoms with Crippen LogP contribution in [0, 0.1) is 0 Å². The van der Waals surface area contributed by atoms with E-state index in [9.17, 15) is 0 Å². The van der Waals surface area contributed by atoms with Crippen LogP contribution in [0.2, 0.25) is 0 Å². The van der Waals surface area contributed by atoms with Crippen molar-refractivity contribution in [2.75, 3.05) is 12.1 Å². The van der Waals surface area contributed by atoms with E-state index < -0.39 is 0 Å². The van der Waals surface area contributed by atoms with Crippen LogP contribution in [0.15, 0.2) is 0 Å². The Kier molecular flexibility index (Phi) is 19.5. The standard InChI is InChI=1S/C8H16Cl2O.C2H4Cl2O/c1-3-5-7(9)11-8(10)6-4-2;3-1-5-2-4/h7-8H,3-6H2,1-2H3;1-2H2. The monoisotopic (exact) mass is 312 g/mol. The topological polar surface area (TPSA) is 18.5 Å². The van der Waals surface area contributed by atoms with Gasteiger partial charge in [0.1, 0.15) is 23.3 Å². The molecule has 100 valence electrons. The predicted octanol–water partition coefficient (Wildman–Crippen LogP) is 5.13. The highest BCUT2D eigenvalue weighted by Crippen LogP contribution is 2.15. The summed E-state index contributed by atoms with van der Waals surface area (Å²) in [5.74, 6) is 0. The Morgan fingerprint density at radius 1 is 0.875 bits per heavy atom. The lowest BCUT2D eigenvalue weighted by Crippen LogP contribution is -2.12. The van der Waals surface area contributed by atoms with E-state index in [4.69, 9.17) is 51.1 Å². The van der Waals surface area contributed by atoms with Crippen LogP contribution in [0.3, 0.4) is 0 Å². The normalized spacial score (nSPS) is 13.9. The van der Waals surface area contributed by atoms with Crippen molar-refractivity contribution in [3.8, 4) is 0 Å². The maximum Gasteiger partial charge on any atom is 0.133 e. The van der Waals surface area contributed by atoms with Crippen LogP contribution in [0.5, 0.6) is 0 Å². The number of alkyl halides is 4. The maximum absolute atomic E-state index is 5.80. The SMILES string of the molecule is CCCC(Cl)OC(Cl)CCC.ClCOCCl. The van der Waals surface area contributed by atoms with Gasteiger partial charge in [-0.3, -0.25) is 0 Å². The molecule has 0 spiro atoms. The quantitative estimate of drug-likeness (QED) is 0.578. The van der Waals surface area contributed by atoms with Crippen molar-refractivity contribution in [2.24, 2.45) is 0 Å². The van der Waals surface area contributed by atoms with E-state index in [0.717, 1.165) is 25.7 Å². The number of hydrogen-bond acceptors (Lipinski definition) is 2. The van der Waals surface area contributed by atoms with E-state index >= 15 is 0 Å². The molecule has 16 heavy (non-hydrogen) atoms. The summed E-state index contributed by atoms with van der Waals surface area (Å²) in [6, 6.07) is 0.368. The number of halogens is 4. The third-order valence-corrected chi connectivity index (χ3v) is 2.43. The van der Waals surface area contributed by atoms with E-state index in [0.29, 0.717) is 0 Å². The first-order valence-electron chi connectivity index (χ1n) is 5.25. The van der Waals surface area contributed by atoms with Crippen molar-refractivity contribution in [1.29, 1.82) is 0 Å². The summed E-state index contributed by atoms with van der Waals surface area (Å²) in [5.41, 5.74) is -0.428. The van der Waals surface area contributed by atoms with Crippen LogP contribution in [0.4, 0.5) is 0 Å². The van der Waals surface area contributed by atoms with Crippen LogP contribution in [0.1, 0.15) is 39.5 Å². The van der Waals surface area contributed by atoms with Gasteiger partial charge in [0.2, 0.25) is 0 Å². The lowest BCUT2D eigenvalue weighted by atomic mass is 10.3. The Labute approximate surface area is 118 Å². The van der Waals surface area contributed by atoms with E-state index in [2.05, 4.69) is 18.6 Å². The van der Waals surface area contributed by atoms with Crippen LogP contribution in [0.25, 0.3) is 0 Å². The highest BCUT2D eigenvalue weighted by atomic mass is 35.5. The van der Waals surface area contributed by atoms with Gasteiger partial charge in [-0.1, -0.05) is 73.1 Å². The minimum atomic E-state index is -0.214. The van der Waals surface area contributed by atoms with Crippen LogP contribution >= 0.6 is 46.4 Å². The fourth-order valence-corrected chi connectivity index (χ4v) is 1.75. The zero-order valence-corrected chi connectivity index (χ0v) is 12.7. The average molecular weight is 314 g/mol. The molecule has 0 aromatic rings. The summed E-state index contributed by atoms with van der Waals surface area (Å²) < 4.78 is 9.63. The Morgan fingerprint density at radius 3 is 1.44 bits per heavy atom. The third kappa shape index (κ3) is 17.5. The van der Waals surface area contributed by atoms with Crippen LogP contribution < -0.4 is 0 Å². The molecule has 6 heteroatoms. The minimum absolute atomic E-state index is 0.184. The average Bonchev–Trinajstić information content (AvgIpc) is 2.20. The zero-order chi connectivity index (χ0) is 12.8. The molecule has 0 saturated carbocycles. The molecule has 0 bridgehead atoms. The van der Waals surface area contributed by atoms with Gasteiger partial charge in [-0.05, 0) is 12.8 Å². The first-order valence-corrected chi connectivity index (χ1v) is 7.19. The molecule has 0 aliphatic heterocycles. The first kappa shape index (κ1) is 19.4. The molecular formula is C10H20Cl4O2. The van der Waals surface area contributed by atoms with E-state index in [1.807, 2.05) is 0 Å². The van der Waals surface area contributed by atoms with Crippen molar-refractivity contribution in [3.05, 3.63) is 0 Å². The largest absolute Gasteiger partial charge is 0.350 e. The Morgan fingerprint density at radius 2 is 1.25 bits per heavy atom. The lowest BCUT2D eigenvalue weighted by Gasteiger charge is -2.14. The zero-order valence-electron chi connectivity index (χ0n) is 9.73. The summed E-state index contributed by atoms with van der Waals surface area (Å²) >= 11 is 21.6. The summed E-state index contributed by atoms with van der Waals surface area (Å²) in [5, 5.41) is 0. The second-order valence-corrected chi connectivity index (χ2v) is 4.37. The fourth-order valence-electron chi connectivity index (χ4n) is 0.779. The molecule has 0 aliphatic rings. The molecule has 2 atom stereocenters. The molecule has 0 aromatic heterocycles. The number of hydrogen-bond donors (Lipinski definition) is 0. The lowest BCUT2D eigenvalue weighted by molar-refractivity contribution is 0.0714. The molecule has 0 radical (unpaired) electrons. The molecule has 0 N–H and O–H groups in total. The molecule has 0 amide bonds. The van der Waals surface area contributed by atoms with Gasteiger partial charge in [0.15, 0.2) is 0 Å². The highest BCUT2D eigenvalue weighted by molar-refractivity contribution is 6.21. The second-order valence-electron chi connectivity index (χ2n) is 2.96. The van der Waals surface area contributed by atoms with Gasteiger partial charge in [0.05, 0.1) is 0 Å².